The second-order valence-corrected chi connectivity index (χ2v) is 6.47. The van der Waals surface area contributed by atoms with Crippen LogP contribution in [0, 0.1) is 29.2 Å². The molecule has 1 aliphatic heterocycles. The van der Waals surface area contributed by atoms with E-state index in [1.54, 1.807) is 72.8 Å². The number of benzene rings is 3. The lowest BCUT2D eigenvalue weighted by Crippen LogP contribution is -2.62. The fourth-order valence-electron chi connectivity index (χ4n) is 3.27. The molecule has 0 unspecified atom stereocenters. The minimum absolute atomic E-state index is 0.393. The van der Waals surface area contributed by atoms with Crippen LogP contribution in [0.1, 0.15) is 11.1 Å². The fourth-order valence-corrected chi connectivity index (χ4v) is 3.27. The summed E-state index contributed by atoms with van der Waals surface area (Å²) in [5.74, 6) is 0. The maximum absolute atomic E-state index is 9.50. The van der Waals surface area contributed by atoms with Crippen molar-refractivity contribution in [2.45, 2.75) is 0 Å². The van der Waals surface area contributed by atoms with Crippen LogP contribution in [0.15, 0.2) is 72.8 Å². The van der Waals surface area contributed by atoms with Crippen molar-refractivity contribution in [1.82, 2.24) is 0 Å². The molecule has 3 aromatic carbocycles. The normalized spacial score (nSPS) is 13.3. The molecule has 6 nitrogen and oxygen atoms in total. The van der Waals surface area contributed by atoms with Crippen LogP contribution in [-0.2, 0) is 13.7 Å². The molecule has 0 aliphatic carbocycles. The molecule has 0 bridgehead atoms. The van der Waals surface area contributed by atoms with Crippen LogP contribution in [0.2, 0.25) is 0 Å². The molecule has 0 spiro atoms. The summed E-state index contributed by atoms with van der Waals surface area (Å²) in [7, 11) is -2.76. The zero-order valence-electron chi connectivity index (χ0n) is 15.7. The highest BCUT2D eigenvalue weighted by Gasteiger charge is 2.45. The van der Waals surface area contributed by atoms with Gasteiger partial charge in [-0.1, -0.05) is 60.7 Å². The Morgan fingerprint density at radius 2 is 1.03 bits per heavy atom. The molecule has 1 heterocycles. The lowest BCUT2D eigenvalue weighted by atomic mass is 9.60. The number of para-hydroxylation sites is 1. The third-order valence-corrected chi connectivity index (χ3v) is 4.72. The van der Waals surface area contributed by atoms with Gasteiger partial charge in [0.1, 0.15) is 0 Å². The molecular weight excluding hydrogens is 375 g/mol. The van der Waals surface area contributed by atoms with E-state index in [-0.39, 0.29) is 0 Å². The zero-order chi connectivity index (χ0) is 20.9. The van der Waals surface area contributed by atoms with Gasteiger partial charge in [-0.15, -0.1) is 0 Å². The minimum Gasteiger partial charge on any atom is -0.445 e. The molecule has 0 aromatic heterocycles. The van der Waals surface area contributed by atoms with Gasteiger partial charge in [-0.3, -0.25) is 0 Å². The second-order valence-electron chi connectivity index (χ2n) is 6.47. The van der Waals surface area contributed by atoms with Gasteiger partial charge in [0, 0.05) is 0 Å². The van der Waals surface area contributed by atoms with Crippen molar-refractivity contribution in [3.05, 3.63) is 95.3 Å². The third-order valence-electron chi connectivity index (χ3n) is 4.72. The van der Waals surface area contributed by atoms with E-state index in [9.17, 15) is 10.5 Å². The van der Waals surface area contributed by atoms with Crippen LogP contribution in [0.4, 0.5) is 5.69 Å². The van der Waals surface area contributed by atoms with Gasteiger partial charge in [-0.05, 0) is 28.5 Å². The van der Waals surface area contributed by atoms with Gasteiger partial charge in [-0.25, -0.2) is 4.85 Å². The second kappa shape index (κ2) is 8.70. The van der Waals surface area contributed by atoms with Crippen LogP contribution >= 0.6 is 0 Å². The van der Waals surface area contributed by atoms with Crippen molar-refractivity contribution in [3.63, 3.8) is 0 Å². The standard InChI is InChI=1S/C21H12B3N3O3/c1-27-21-13-7-6-12-20(21)24-29-22(18-10-4-2-8-16(18)14-25)28-23(30-24)19-11-5-3-9-17(19)15-26/h2-13H. The van der Waals surface area contributed by atoms with Crippen LogP contribution in [0.25, 0.3) is 4.85 Å². The summed E-state index contributed by atoms with van der Waals surface area (Å²) in [5.41, 5.74) is 2.86. The molecule has 1 saturated heterocycles. The molecule has 138 valence electrons. The number of rotatable bonds is 3. The van der Waals surface area contributed by atoms with Gasteiger partial charge < -0.3 is 13.7 Å². The average Bonchev–Trinajstić information content (AvgIpc) is 2.83. The van der Waals surface area contributed by atoms with Crippen LogP contribution in [0.5, 0.6) is 0 Å². The Kier molecular flexibility index (Phi) is 5.66. The molecule has 4 rings (SSSR count). The molecule has 1 aliphatic rings. The molecule has 0 N–H and O–H groups in total. The molecule has 0 amide bonds. The summed E-state index contributed by atoms with van der Waals surface area (Å²) in [6, 6.07) is 25.2. The summed E-state index contributed by atoms with van der Waals surface area (Å²) >= 11 is 0. The first-order valence-electron chi connectivity index (χ1n) is 9.16. The van der Waals surface area contributed by atoms with Crippen LogP contribution in [-0.4, -0.2) is 21.4 Å². The summed E-state index contributed by atoms with van der Waals surface area (Å²) < 4.78 is 18.1. The van der Waals surface area contributed by atoms with Gasteiger partial charge in [0.15, 0.2) is 5.69 Å². The predicted octanol–water partition coefficient (Wildman–Crippen LogP) is 1.53. The number of hydrogen-bond acceptors (Lipinski definition) is 5. The average molecular weight is 387 g/mol. The Balaban J connectivity index is 1.80. The SMILES string of the molecule is [C-]#[N+]c1ccccc1B1OB(c2ccccc2C#N)OB(c2ccccc2C#N)O1. The van der Waals surface area contributed by atoms with Gasteiger partial charge in [0.2, 0.25) is 0 Å². The largest absolute Gasteiger partial charge is 0.468 e. The molecule has 1 fully saturated rings. The predicted molar refractivity (Wildman–Crippen MR) is 114 cm³/mol. The van der Waals surface area contributed by atoms with Crippen LogP contribution < -0.4 is 16.4 Å². The Bertz CT molecular complexity index is 1060. The minimum atomic E-state index is -0.921. The Labute approximate surface area is 175 Å². The zero-order valence-corrected chi connectivity index (χ0v) is 15.7. The maximum atomic E-state index is 9.50. The fraction of sp³-hybridized carbons (Fsp3) is 0. The molecular formula is C21H12B3N3O3. The first-order valence-corrected chi connectivity index (χ1v) is 9.16. The molecule has 0 saturated carbocycles. The smallest absolute Gasteiger partial charge is 0.445 e. The van der Waals surface area contributed by atoms with Crippen molar-refractivity contribution in [2.24, 2.45) is 0 Å². The number of hydrogen-bond donors (Lipinski definition) is 0. The van der Waals surface area contributed by atoms with Crippen molar-refractivity contribution in [1.29, 1.82) is 10.5 Å². The molecule has 3 aromatic rings. The summed E-state index contributed by atoms with van der Waals surface area (Å²) in [6.45, 7) is 7.46. The lowest BCUT2D eigenvalue weighted by Gasteiger charge is -2.32. The van der Waals surface area contributed by atoms with E-state index in [1.165, 1.54) is 0 Å². The maximum Gasteiger partial charge on any atom is 0.468 e. The van der Waals surface area contributed by atoms with Gasteiger partial charge >= 0.3 is 21.4 Å². The lowest BCUT2D eigenvalue weighted by molar-refractivity contribution is 0.308. The highest BCUT2D eigenvalue weighted by atomic mass is 16.7. The highest BCUT2D eigenvalue weighted by molar-refractivity contribution is 6.88. The van der Waals surface area contributed by atoms with E-state index in [0.29, 0.717) is 33.2 Å². The number of nitrogens with zero attached hydrogens (tertiary/aromatic N) is 3. The van der Waals surface area contributed by atoms with Gasteiger partial charge in [0.25, 0.3) is 0 Å². The topological polar surface area (TPSA) is 79.6 Å². The van der Waals surface area contributed by atoms with E-state index in [4.69, 9.17) is 20.3 Å². The Morgan fingerprint density at radius 3 is 1.50 bits per heavy atom. The van der Waals surface area contributed by atoms with Crippen LogP contribution in [0.3, 0.4) is 0 Å². The van der Waals surface area contributed by atoms with Crippen molar-refractivity contribution in [3.8, 4) is 12.1 Å². The molecule has 0 radical (unpaired) electrons. The molecule has 9 heteroatoms. The highest BCUT2D eigenvalue weighted by Crippen LogP contribution is 2.16. The summed E-state index contributed by atoms with van der Waals surface area (Å²) in [4.78, 5) is 3.55. The van der Waals surface area contributed by atoms with Gasteiger partial charge in [0.05, 0.1) is 29.8 Å². The van der Waals surface area contributed by atoms with E-state index >= 15 is 0 Å². The summed E-state index contributed by atoms with van der Waals surface area (Å²) in [5, 5.41) is 19.0. The molecule has 30 heavy (non-hydrogen) atoms. The first-order chi connectivity index (χ1) is 14.7. The molecule has 0 atom stereocenters. The quantitative estimate of drug-likeness (QED) is 0.504. The third kappa shape index (κ3) is 3.72. The van der Waals surface area contributed by atoms with Crippen molar-refractivity contribution in [2.75, 3.05) is 0 Å². The van der Waals surface area contributed by atoms with E-state index in [2.05, 4.69) is 17.0 Å². The van der Waals surface area contributed by atoms with Gasteiger partial charge in [-0.2, -0.15) is 10.5 Å². The van der Waals surface area contributed by atoms with E-state index in [1.807, 2.05) is 0 Å². The van der Waals surface area contributed by atoms with E-state index in [0.717, 1.165) is 0 Å². The number of nitriles is 2. The van der Waals surface area contributed by atoms with Crippen molar-refractivity contribution < 1.29 is 13.7 Å². The first kappa shape index (κ1) is 19.5. The Morgan fingerprint density at radius 1 is 0.633 bits per heavy atom. The monoisotopic (exact) mass is 387 g/mol. The Hall–Kier alpha value is -3.80. The summed E-state index contributed by atoms with van der Waals surface area (Å²) in [6.07, 6.45) is 0. The van der Waals surface area contributed by atoms with Crippen molar-refractivity contribution >= 4 is 43.4 Å². The van der Waals surface area contributed by atoms with E-state index < -0.39 is 21.4 Å².